The van der Waals surface area contributed by atoms with E-state index in [0.717, 1.165) is 24.8 Å². The van der Waals surface area contributed by atoms with Crippen molar-refractivity contribution in [3.8, 4) is 0 Å². The second-order valence-corrected chi connectivity index (χ2v) is 10.3. The van der Waals surface area contributed by atoms with E-state index in [-0.39, 0.29) is 34.3 Å². The molecule has 0 aromatic carbocycles. The summed E-state index contributed by atoms with van der Waals surface area (Å²) in [5.41, 5.74) is -1.28. The number of hydrogen-bond donors (Lipinski definition) is 1. The molecule has 0 aromatic heterocycles. The molecule has 29 heavy (non-hydrogen) atoms. The van der Waals surface area contributed by atoms with Gasteiger partial charge in [-0.3, -0.25) is 14.4 Å². The van der Waals surface area contributed by atoms with Crippen molar-refractivity contribution in [3.05, 3.63) is 23.8 Å². The summed E-state index contributed by atoms with van der Waals surface area (Å²) >= 11 is 7.00. The highest BCUT2D eigenvalue weighted by molar-refractivity contribution is 6.21. The molecule has 3 saturated carbocycles. The quantitative estimate of drug-likeness (QED) is 0.559. The first-order valence-corrected chi connectivity index (χ1v) is 10.9. The van der Waals surface area contributed by atoms with E-state index in [9.17, 15) is 19.5 Å². The van der Waals surface area contributed by atoms with Gasteiger partial charge in [0, 0.05) is 23.1 Å². The van der Waals surface area contributed by atoms with Gasteiger partial charge in [0.1, 0.15) is 5.60 Å². The van der Waals surface area contributed by atoms with Gasteiger partial charge < -0.3 is 9.84 Å². The number of rotatable bonds is 3. The van der Waals surface area contributed by atoms with E-state index in [1.54, 1.807) is 12.2 Å². The third-order valence-corrected chi connectivity index (χ3v) is 8.90. The van der Waals surface area contributed by atoms with Crippen LogP contribution in [0.5, 0.6) is 0 Å². The van der Waals surface area contributed by atoms with Crippen LogP contribution in [0.4, 0.5) is 0 Å². The number of carbonyl (C=O) groups excluding carboxylic acids is 3. The van der Waals surface area contributed by atoms with Crippen LogP contribution in [0, 0.1) is 28.6 Å². The number of allylic oxidation sites excluding steroid dienone is 4. The standard InChI is InChI=1S/C23H29ClO5/c1-13(25)29-12-19(27)23(28)9-7-17-16-5-4-14-10-15(26)6-8-21(14,2)20(16)18(24)11-22(17,23)3/h6,8,10,16-18,20,28H,4-5,7,9,11-12H2,1-3H3/t16?,17?,18-,20?,21?,22?,23-/m0/s1. The molecule has 0 amide bonds. The molecule has 6 heteroatoms. The van der Waals surface area contributed by atoms with Crippen molar-refractivity contribution in [1.82, 2.24) is 0 Å². The number of halogens is 1. The zero-order valence-corrected chi connectivity index (χ0v) is 18.0. The molecule has 0 saturated heterocycles. The van der Waals surface area contributed by atoms with Crippen molar-refractivity contribution < 1.29 is 24.2 Å². The monoisotopic (exact) mass is 420 g/mol. The van der Waals surface area contributed by atoms with Gasteiger partial charge in [0.25, 0.3) is 0 Å². The molecule has 4 aliphatic rings. The van der Waals surface area contributed by atoms with Crippen molar-refractivity contribution in [3.63, 3.8) is 0 Å². The van der Waals surface area contributed by atoms with Crippen LogP contribution in [0.15, 0.2) is 23.8 Å². The number of fused-ring (bicyclic) bond motifs is 5. The van der Waals surface area contributed by atoms with Gasteiger partial charge in [-0.25, -0.2) is 0 Å². The van der Waals surface area contributed by atoms with Crippen molar-refractivity contribution in [2.75, 3.05) is 6.61 Å². The van der Waals surface area contributed by atoms with Gasteiger partial charge >= 0.3 is 5.97 Å². The van der Waals surface area contributed by atoms with E-state index < -0.39 is 29.4 Å². The minimum Gasteiger partial charge on any atom is -0.458 e. The average Bonchev–Trinajstić information content (AvgIpc) is 2.91. The zero-order valence-electron chi connectivity index (χ0n) is 17.2. The Bertz CT molecular complexity index is 831. The second kappa shape index (κ2) is 6.78. The van der Waals surface area contributed by atoms with E-state index in [2.05, 4.69) is 6.92 Å². The van der Waals surface area contributed by atoms with Crippen LogP contribution in [-0.2, 0) is 19.1 Å². The molecule has 0 bridgehead atoms. The predicted octanol–water partition coefficient (Wildman–Crippen LogP) is 3.37. The molecule has 0 spiro atoms. The topological polar surface area (TPSA) is 80.7 Å². The van der Waals surface area contributed by atoms with Crippen molar-refractivity contribution in [2.45, 2.75) is 63.9 Å². The van der Waals surface area contributed by atoms with Gasteiger partial charge in [0.15, 0.2) is 12.4 Å². The molecular formula is C23H29ClO5. The number of hydrogen-bond acceptors (Lipinski definition) is 5. The lowest BCUT2D eigenvalue weighted by Gasteiger charge is -2.59. The number of ketones is 2. The van der Waals surface area contributed by atoms with Crippen LogP contribution in [-0.4, -0.2) is 40.2 Å². The van der Waals surface area contributed by atoms with E-state index in [4.69, 9.17) is 16.3 Å². The largest absolute Gasteiger partial charge is 0.458 e. The summed E-state index contributed by atoms with van der Waals surface area (Å²) in [4.78, 5) is 35.9. The van der Waals surface area contributed by atoms with Crippen LogP contribution in [0.3, 0.4) is 0 Å². The van der Waals surface area contributed by atoms with Gasteiger partial charge in [-0.1, -0.05) is 25.5 Å². The summed E-state index contributed by atoms with van der Waals surface area (Å²) < 4.78 is 4.91. The SMILES string of the molecule is CC(=O)OCC(=O)[C@@]1(O)CCC2C3CCC4=CC(=O)C=CC4(C)C3[C@@H](Cl)CC21C. The Morgan fingerprint density at radius 2 is 2.03 bits per heavy atom. The zero-order chi connectivity index (χ0) is 21.2. The van der Waals surface area contributed by atoms with Gasteiger partial charge in [-0.05, 0) is 62.0 Å². The van der Waals surface area contributed by atoms with Gasteiger partial charge in [-0.15, -0.1) is 11.6 Å². The molecule has 4 aliphatic carbocycles. The maximum atomic E-state index is 12.9. The van der Waals surface area contributed by atoms with Crippen LogP contribution in [0.2, 0.25) is 0 Å². The summed E-state index contributed by atoms with van der Waals surface area (Å²) in [6.45, 7) is 5.01. The lowest BCUT2D eigenvalue weighted by Crippen LogP contribution is -2.60. The molecule has 5 nitrogen and oxygen atoms in total. The van der Waals surface area contributed by atoms with Gasteiger partial charge in [-0.2, -0.15) is 0 Å². The van der Waals surface area contributed by atoms with Crippen LogP contribution < -0.4 is 0 Å². The Labute approximate surface area is 176 Å². The lowest BCUT2D eigenvalue weighted by molar-refractivity contribution is -0.168. The lowest BCUT2D eigenvalue weighted by atomic mass is 9.47. The van der Waals surface area contributed by atoms with Crippen molar-refractivity contribution >= 4 is 29.1 Å². The number of carbonyl (C=O) groups is 3. The fourth-order valence-electron chi connectivity index (χ4n) is 7.00. The van der Waals surface area contributed by atoms with Crippen molar-refractivity contribution in [1.29, 1.82) is 0 Å². The summed E-state index contributed by atoms with van der Waals surface area (Å²) in [5, 5.41) is 11.3. The molecule has 3 fully saturated rings. The fourth-order valence-corrected chi connectivity index (χ4v) is 7.77. The normalized spacial score (nSPS) is 45.7. The number of alkyl halides is 1. The Morgan fingerprint density at radius 1 is 1.31 bits per heavy atom. The molecule has 158 valence electrons. The highest BCUT2D eigenvalue weighted by Crippen LogP contribution is 2.67. The third kappa shape index (κ3) is 2.88. The number of esters is 1. The highest BCUT2D eigenvalue weighted by atomic mass is 35.5. The molecule has 4 rings (SSSR count). The smallest absolute Gasteiger partial charge is 0.303 e. The highest BCUT2D eigenvalue weighted by Gasteiger charge is 2.68. The third-order valence-electron chi connectivity index (χ3n) is 8.48. The first-order chi connectivity index (χ1) is 13.5. The van der Waals surface area contributed by atoms with Crippen LogP contribution in [0.1, 0.15) is 52.9 Å². The Balaban J connectivity index is 1.66. The fraction of sp³-hybridized carbons (Fsp3) is 0.696. The first-order valence-electron chi connectivity index (χ1n) is 10.5. The van der Waals surface area contributed by atoms with Gasteiger partial charge in [0.05, 0.1) is 0 Å². The van der Waals surface area contributed by atoms with Crippen LogP contribution in [0.25, 0.3) is 0 Å². The summed E-state index contributed by atoms with van der Waals surface area (Å²) in [6, 6.07) is 0. The summed E-state index contributed by atoms with van der Waals surface area (Å²) in [6.07, 6.45) is 8.82. The molecule has 0 aromatic rings. The number of aliphatic hydroxyl groups is 1. The molecular weight excluding hydrogens is 392 g/mol. The maximum Gasteiger partial charge on any atom is 0.303 e. The maximum absolute atomic E-state index is 12.9. The van der Waals surface area contributed by atoms with E-state index in [1.807, 2.05) is 13.0 Å². The molecule has 0 aliphatic heterocycles. The minimum atomic E-state index is -1.53. The molecule has 7 atom stereocenters. The number of Topliss-reactive ketones (excluding diaryl/α,β-unsaturated/α-hetero) is 1. The van der Waals surface area contributed by atoms with Crippen molar-refractivity contribution in [2.24, 2.45) is 28.6 Å². The first kappa shape index (κ1) is 20.8. The average molecular weight is 421 g/mol. The minimum absolute atomic E-state index is 0.0361. The molecule has 5 unspecified atom stereocenters. The Hall–Kier alpha value is -1.46. The molecule has 0 heterocycles. The second-order valence-electron chi connectivity index (χ2n) is 9.76. The summed E-state index contributed by atoms with van der Waals surface area (Å²) in [7, 11) is 0. The Kier molecular flexibility index (Phi) is 4.86. The summed E-state index contributed by atoms with van der Waals surface area (Å²) in [5.74, 6) is -0.319. The number of ether oxygens (including phenoxy) is 1. The van der Waals surface area contributed by atoms with E-state index in [1.165, 1.54) is 6.92 Å². The van der Waals surface area contributed by atoms with E-state index in [0.29, 0.717) is 12.8 Å². The van der Waals surface area contributed by atoms with E-state index >= 15 is 0 Å². The van der Waals surface area contributed by atoms with Gasteiger partial charge in [0.2, 0.25) is 5.78 Å². The van der Waals surface area contributed by atoms with Crippen LogP contribution >= 0.6 is 11.6 Å². The molecule has 0 radical (unpaired) electrons. The predicted molar refractivity (Wildman–Crippen MR) is 108 cm³/mol. The molecule has 1 N–H and O–H groups in total. The Morgan fingerprint density at radius 3 is 2.72 bits per heavy atom.